The Kier molecular flexibility index (Phi) is 3.94. The van der Waals surface area contributed by atoms with Gasteiger partial charge >= 0.3 is 0 Å². The molecule has 2 atom stereocenters. The van der Waals surface area contributed by atoms with Crippen LogP contribution in [0.4, 0.5) is 0 Å². The topological polar surface area (TPSA) is 15.6 Å². The fourth-order valence-corrected chi connectivity index (χ4v) is 4.39. The van der Waals surface area contributed by atoms with Gasteiger partial charge in [-0.3, -0.25) is 5.01 Å². The first kappa shape index (κ1) is 16.4. The Morgan fingerprint density at radius 3 is 2.44 bits per heavy atom. The third-order valence-electron chi connectivity index (χ3n) is 5.77. The zero-order chi connectivity index (χ0) is 17.6. The van der Waals surface area contributed by atoms with Gasteiger partial charge in [0.1, 0.15) is 0 Å². The van der Waals surface area contributed by atoms with Crippen LogP contribution in [0.2, 0.25) is 0 Å². The lowest BCUT2D eigenvalue weighted by molar-refractivity contribution is 0.243. The summed E-state index contributed by atoms with van der Waals surface area (Å²) in [7, 11) is 2.13. The van der Waals surface area contributed by atoms with Crippen LogP contribution in [0.5, 0.6) is 0 Å². The maximum absolute atomic E-state index is 4.99. The molecular formula is C23H28N2. The van der Waals surface area contributed by atoms with Crippen LogP contribution in [0.25, 0.3) is 0 Å². The van der Waals surface area contributed by atoms with Gasteiger partial charge in [-0.1, -0.05) is 69.3 Å². The molecule has 130 valence electrons. The minimum atomic E-state index is 0.197. The smallest absolute Gasteiger partial charge is 0.0801 e. The van der Waals surface area contributed by atoms with Crippen molar-refractivity contribution in [3.63, 3.8) is 0 Å². The van der Waals surface area contributed by atoms with E-state index in [9.17, 15) is 0 Å². The van der Waals surface area contributed by atoms with Gasteiger partial charge in [-0.2, -0.15) is 5.10 Å². The predicted molar refractivity (Wildman–Crippen MR) is 105 cm³/mol. The molecule has 0 fully saturated rings. The van der Waals surface area contributed by atoms with Crippen LogP contribution in [-0.4, -0.2) is 17.8 Å². The molecule has 25 heavy (non-hydrogen) atoms. The molecule has 0 radical (unpaired) electrons. The average molecular weight is 332 g/mol. The van der Waals surface area contributed by atoms with E-state index < -0.39 is 0 Å². The van der Waals surface area contributed by atoms with Gasteiger partial charge in [-0.05, 0) is 41.4 Å². The zero-order valence-electron chi connectivity index (χ0n) is 15.8. The van der Waals surface area contributed by atoms with E-state index in [1.807, 2.05) is 0 Å². The molecule has 2 nitrogen and oxygen atoms in total. The van der Waals surface area contributed by atoms with Gasteiger partial charge in [0.05, 0.1) is 11.8 Å². The number of hydrogen-bond donors (Lipinski definition) is 0. The third kappa shape index (κ3) is 2.88. The molecule has 2 heteroatoms. The summed E-state index contributed by atoms with van der Waals surface area (Å²) in [6.45, 7) is 6.81. The van der Waals surface area contributed by atoms with Crippen LogP contribution in [0.15, 0.2) is 53.6 Å². The minimum Gasteiger partial charge on any atom is -0.292 e. The van der Waals surface area contributed by atoms with Crippen molar-refractivity contribution >= 4 is 5.71 Å². The Balaban J connectivity index is 1.70. The molecule has 0 N–H and O–H groups in total. The molecule has 1 aliphatic carbocycles. The van der Waals surface area contributed by atoms with Crippen molar-refractivity contribution in [2.45, 2.75) is 51.5 Å². The fraction of sp³-hybridized carbons (Fsp3) is 0.435. The molecule has 1 aliphatic heterocycles. The van der Waals surface area contributed by atoms with Gasteiger partial charge in [0.25, 0.3) is 0 Å². The molecule has 4 rings (SSSR count). The van der Waals surface area contributed by atoms with E-state index in [4.69, 9.17) is 5.10 Å². The van der Waals surface area contributed by atoms with Crippen molar-refractivity contribution in [3.8, 4) is 0 Å². The number of benzene rings is 2. The number of nitrogens with zero attached hydrogens (tertiary/aromatic N) is 2. The van der Waals surface area contributed by atoms with Crippen molar-refractivity contribution < 1.29 is 0 Å². The normalized spacial score (nSPS) is 22.9. The Bertz CT molecular complexity index is 796. The van der Waals surface area contributed by atoms with Gasteiger partial charge in [0.15, 0.2) is 0 Å². The van der Waals surface area contributed by atoms with E-state index in [1.54, 1.807) is 0 Å². The van der Waals surface area contributed by atoms with E-state index in [0.717, 1.165) is 0 Å². The second-order valence-corrected chi connectivity index (χ2v) is 8.53. The molecule has 0 spiro atoms. The van der Waals surface area contributed by atoms with Crippen LogP contribution in [0.3, 0.4) is 0 Å². The first-order valence-corrected chi connectivity index (χ1v) is 9.45. The zero-order valence-corrected chi connectivity index (χ0v) is 15.8. The number of rotatable bonds is 1. The summed E-state index contributed by atoms with van der Waals surface area (Å²) in [4.78, 5) is 0. The van der Waals surface area contributed by atoms with Gasteiger partial charge in [0, 0.05) is 18.5 Å². The summed E-state index contributed by atoms with van der Waals surface area (Å²) >= 11 is 0. The molecule has 0 bridgehead atoms. The molecule has 2 aromatic carbocycles. The van der Waals surface area contributed by atoms with Crippen LogP contribution in [0.1, 0.15) is 61.9 Å². The van der Waals surface area contributed by atoms with Crippen LogP contribution in [0, 0.1) is 5.92 Å². The molecule has 2 unspecified atom stereocenters. The van der Waals surface area contributed by atoms with E-state index in [0.29, 0.717) is 12.0 Å². The third-order valence-corrected chi connectivity index (χ3v) is 5.77. The van der Waals surface area contributed by atoms with Gasteiger partial charge in [0.2, 0.25) is 0 Å². The van der Waals surface area contributed by atoms with Gasteiger partial charge in [-0.25, -0.2) is 0 Å². The van der Waals surface area contributed by atoms with Crippen molar-refractivity contribution in [3.05, 3.63) is 70.8 Å². The predicted octanol–water partition coefficient (Wildman–Crippen LogP) is 5.33. The Hall–Kier alpha value is -2.09. The van der Waals surface area contributed by atoms with E-state index in [2.05, 4.69) is 81.4 Å². The summed E-state index contributed by atoms with van der Waals surface area (Å²) in [6, 6.07) is 18.4. The highest BCUT2D eigenvalue weighted by molar-refractivity contribution is 6.05. The Morgan fingerprint density at radius 2 is 1.72 bits per heavy atom. The van der Waals surface area contributed by atoms with Crippen LogP contribution >= 0.6 is 0 Å². The summed E-state index contributed by atoms with van der Waals surface area (Å²) in [5, 5.41) is 7.18. The van der Waals surface area contributed by atoms with Crippen LogP contribution in [-0.2, 0) is 11.8 Å². The SMILES string of the molecule is CN1N=C2c3ccccc3CCCC2C1c1ccc(C(C)(C)C)cc1. The minimum absolute atomic E-state index is 0.197. The van der Waals surface area contributed by atoms with Crippen molar-refractivity contribution in [1.29, 1.82) is 0 Å². The second kappa shape index (κ2) is 6.01. The number of fused-ring (bicyclic) bond motifs is 3. The van der Waals surface area contributed by atoms with Gasteiger partial charge in [-0.15, -0.1) is 0 Å². The summed E-state index contributed by atoms with van der Waals surface area (Å²) in [5.74, 6) is 0.495. The molecule has 0 amide bonds. The standard InChI is InChI=1S/C23H28N2/c1-23(2,3)18-14-12-17(13-15-18)22-20-11-7-9-16-8-5-6-10-19(16)21(20)24-25(22)4/h5-6,8,10,12-15,20,22H,7,9,11H2,1-4H3. The molecule has 0 saturated carbocycles. The lowest BCUT2D eigenvalue weighted by Gasteiger charge is -2.26. The van der Waals surface area contributed by atoms with Crippen molar-refractivity contribution in [2.75, 3.05) is 7.05 Å². The Labute approximate surface area is 151 Å². The fourth-order valence-electron chi connectivity index (χ4n) is 4.39. The largest absolute Gasteiger partial charge is 0.292 e. The van der Waals surface area contributed by atoms with Crippen LogP contribution < -0.4 is 0 Å². The first-order chi connectivity index (χ1) is 11.9. The monoisotopic (exact) mass is 332 g/mol. The quantitative estimate of drug-likeness (QED) is 0.689. The molecule has 2 aromatic rings. The van der Waals surface area contributed by atoms with E-state index in [1.165, 1.54) is 47.2 Å². The summed E-state index contributed by atoms with van der Waals surface area (Å²) < 4.78 is 0. The molecule has 2 aliphatic rings. The van der Waals surface area contributed by atoms with Gasteiger partial charge < -0.3 is 0 Å². The summed E-state index contributed by atoms with van der Waals surface area (Å²) in [5.41, 5.74) is 7.10. The van der Waals surface area contributed by atoms with Crippen molar-refractivity contribution in [2.24, 2.45) is 11.0 Å². The van der Waals surface area contributed by atoms with E-state index >= 15 is 0 Å². The van der Waals surface area contributed by atoms with Crippen molar-refractivity contribution in [1.82, 2.24) is 5.01 Å². The molecule has 0 saturated heterocycles. The maximum atomic E-state index is 4.99. The van der Waals surface area contributed by atoms with E-state index in [-0.39, 0.29) is 5.41 Å². The highest BCUT2D eigenvalue weighted by Gasteiger charge is 2.38. The number of hydrazone groups is 1. The second-order valence-electron chi connectivity index (χ2n) is 8.53. The lowest BCUT2D eigenvalue weighted by Crippen LogP contribution is -2.23. The highest BCUT2D eigenvalue weighted by Crippen LogP contribution is 2.42. The molecular weight excluding hydrogens is 304 g/mol. The highest BCUT2D eigenvalue weighted by atomic mass is 15.5. The molecule has 0 aromatic heterocycles. The summed E-state index contributed by atoms with van der Waals surface area (Å²) in [6.07, 6.45) is 3.62. The average Bonchev–Trinajstić information content (AvgIpc) is 2.80. The molecule has 1 heterocycles. The maximum Gasteiger partial charge on any atom is 0.0801 e. The first-order valence-electron chi connectivity index (χ1n) is 9.45. The number of aryl methyl sites for hydroxylation is 1. The number of hydrogen-bond acceptors (Lipinski definition) is 2. The Morgan fingerprint density at radius 1 is 1.00 bits per heavy atom. The lowest BCUT2D eigenvalue weighted by atomic mass is 9.83.